The zero-order valence-corrected chi connectivity index (χ0v) is 12.1. The van der Waals surface area contributed by atoms with E-state index < -0.39 is 0 Å². The Balaban J connectivity index is 1.95. The van der Waals surface area contributed by atoms with E-state index in [0.717, 1.165) is 20.8 Å². The Morgan fingerprint density at radius 3 is 2.81 bits per heavy atom. The zero-order chi connectivity index (χ0) is 14.7. The summed E-state index contributed by atoms with van der Waals surface area (Å²) in [5, 5.41) is 0.946. The van der Waals surface area contributed by atoms with E-state index in [2.05, 4.69) is 11.6 Å². The molecule has 21 heavy (non-hydrogen) atoms. The van der Waals surface area contributed by atoms with E-state index in [1.165, 1.54) is 0 Å². The number of nitrogens with zero attached hydrogens (tertiary/aromatic N) is 1. The summed E-state index contributed by atoms with van der Waals surface area (Å²) in [4.78, 5) is 16.4. The number of hydrogen-bond donors (Lipinski definition) is 0. The summed E-state index contributed by atoms with van der Waals surface area (Å²) in [7, 11) is 0. The molecule has 3 nitrogen and oxygen atoms in total. The SMILES string of the molecule is C=CCOC(=O)c1ccc2nc(-c3ccccc3)sc2c1. The number of aromatic nitrogens is 1. The number of thiazole rings is 1. The molecule has 2 aromatic carbocycles. The van der Waals surface area contributed by atoms with Crippen molar-refractivity contribution in [2.75, 3.05) is 6.61 Å². The molecule has 0 atom stereocenters. The van der Waals surface area contributed by atoms with Gasteiger partial charge in [-0.3, -0.25) is 0 Å². The smallest absolute Gasteiger partial charge is 0.338 e. The van der Waals surface area contributed by atoms with Crippen molar-refractivity contribution in [3.8, 4) is 10.6 Å². The standard InChI is InChI=1S/C17H13NO2S/c1-2-10-20-17(19)13-8-9-14-15(11-13)21-16(18-14)12-6-4-3-5-7-12/h2-9,11H,1,10H2. The molecule has 1 aromatic heterocycles. The summed E-state index contributed by atoms with van der Waals surface area (Å²) in [6, 6.07) is 15.4. The van der Waals surface area contributed by atoms with Crippen LogP contribution in [0.5, 0.6) is 0 Å². The van der Waals surface area contributed by atoms with E-state index >= 15 is 0 Å². The quantitative estimate of drug-likeness (QED) is 0.532. The van der Waals surface area contributed by atoms with Crippen LogP contribution in [0.15, 0.2) is 61.2 Å². The Labute approximate surface area is 126 Å². The molecule has 0 aliphatic carbocycles. The molecule has 0 aliphatic heterocycles. The zero-order valence-electron chi connectivity index (χ0n) is 11.3. The Hall–Kier alpha value is -2.46. The van der Waals surface area contributed by atoms with Gasteiger partial charge < -0.3 is 4.74 Å². The summed E-state index contributed by atoms with van der Waals surface area (Å²) in [6.07, 6.45) is 1.55. The summed E-state index contributed by atoms with van der Waals surface area (Å²) in [5.74, 6) is -0.341. The first-order valence-electron chi connectivity index (χ1n) is 6.52. The number of fused-ring (bicyclic) bond motifs is 1. The molecule has 0 saturated heterocycles. The summed E-state index contributed by atoms with van der Waals surface area (Å²) >= 11 is 1.57. The Bertz CT molecular complexity index is 793. The minimum absolute atomic E-state index is 0.217. The normalized spacial score (nSPS) is 10.5. The van der Waals surface area contributed by atoms with Crippen LogP contribution < -0.4 is 0 Å². The van der Waals surface area contributed by atoms with Crippen LogP contribution >= 0.6 is 11.3 Å². The number of carbonyl (C=O) groups excluding carboxylic acids is 1. The first kappa shape index (κ1) is 13.5. The monoisotopic (exact) mass is 295 g/mol. The van der Waals surface area contributed by atoms with Gasteiger partial charge in [0.1, 0.15) is 11.6 Å². The fourth-order valence-electron chi connectivity index (χ4n) is 1.97. The van der Waals surface area contributed by atoms with Gasteiger partial charge in [0.05, 0.1) is 15.8 Å². The van der Waals surface area contributed by atoms with Crippen LogP contribution in [0, 0.1) is 0 Å². The third-order valence-corrected chi connectivity index (χ3v) is 4.04. The number of rotatable bonds is 4. The number of benzene rings is 2. The van der Waals surface area contributed by atoms with E-state index in [0.29, 0.717) is 5.56 Å². The van der Waals surface area contributed by atoms with Gasteiger partial charge in [-0.05, 0) is 18.2 Å². The van der Waals surface area contributed by atoms with E-state index in [1.54, 1.807) is 23.5 Å². The molecule has 3 aromatic rings. The highest BCUT2D eigenvalue weighted by Crippen LogP contribution is 2.30. The molecule has 0 unspecified atom stereocenters. The molecule has 0 spiro atoms. The van der Waals surface area contributed by atoms with Gasteiger partial charge in [-0.25, -0.2) is 9.78 Å². The molecule has 0 aliphatic rings. The minimum Gasteiger partial charge on any atom is -0.458 e. The van der Waals surface area contributed by atoms with Gasteiger partial charge in [-0.2, -0.15) is 0 Å². The lowest BCUT2D eigenvalue weighted by Crippen LogP contribution is -2.04. The largest absolute Gasteiger partial charge is 0.458 e. The maximum Gasteiger partial charge on any atom is 0.338 e. The van der Waals surface area contributed by atoms with Crippen LogP contribution in [0.1, 0.15) is 10.4 Å². The first-order valence-corrected chi connectivity index (χ1v) is 7.33. The molecular weight excluding hydrogens is 282 g/mol. The fourth-order valence-corrected chi connectivity index (χ4v) is 2.98. The Kier molecular flexibility index (Phi) is 3.79. The van der Waals surface area contributed by atoms with Crippen molar-refractivity contribution in [1.82, 2.24) is 4.98 Å². The summed E-state index contributed by atoms with van der Waals surface area (Å²) in [5.41, 5.74) is 2.50. The molecule has 4 heteroatoms. The fraction of sp³-hybridized carbons (Fsp3) is 0.0588. The summed E-state index contributed by atoms with van der Waals surface area (Å²) in [6.45, 7) is 3.75. The maximum atomic E-state index is 11.8. The van der Waals surface area contributed by atoms with Crippen LogP contribution in [0.4, 0.5) is 0 Å². The average molecular weight is 295 g/mol. The molecule has 3 rings (SSSR count). The molecule has 0 saturated carbocycles. The van der Waals surface area contributed by atoms with Crippen molar-refractivity contribution >= 4 is 27.5 Å². The van der Waals surface area contributed by atoms with Crippen molar-refractivity contribution in [2.24, 2.45) is 0 Å². The Morgan fingerprint density at radius 1 is 1.24 bits per heavy atom. The van der Waals surface area contributed by atoms with Gasteiger partial charge in [0.15, 0.2) is 0 Å². The van der Waals surface area contributed by atoms with Gasteiger partial charge in [-0.15, -0.1) is 11.3 Å². The number of esters is 1. The third-order valence-electron chi connectivity index (χ3n) is 2.98. The second-order valence-electron chi connectivity index (χ2n) is 4.45. The van der Waals surface area contributed by atoms with E-state index in [4.69, 9.17) is 4.74 Å². The minimum atomic E-state index is -0.341. The predicted octanol–water partition coefficient (Wildman–Crippen LogP) is 4.31. The highest BCUT2D eigenvalue weighted by Gasteiger charge is 2.11. The van der Waals surface area contributed by atoms with Crippen LogP contribution in [-0.4, -0.2) is 17.6 Å². The van der Waals surface area contributed by atoms with Crippen LogP contribution in [0.3, 0.4) is 0 Å². The molecule has 0 bridgehead atoms. The number of hydrogen-bond acceptors (Lipinski definition) is 4. The van der Waals surface area contributed by atoms with E-state index in [-0.39, 0.29) is 12.6 Å². The highest BCUT2D eigenvalue weighted by atomic mass is 32.1. The van der Waals surface area contributed by atoms with Gasteiger partial charge >= 0.3 is 5.97 Å². The number of ether oxygens (including phenoxy) is 1. The molecular formula is C17H13NO2S. The van der Waals surface area contributed by atoms with Gasteiger partial charge in [-0.1, -0.05) is 43.0 Å². The van der Waals surface area contributed by atoms with Crippen LogP contribution in [0.25, 0.3) is 20.8 Å². The van der Waals surface area contributed by atoms with E-state index in [1.807, 2.05) is 42.5 Å². The lowest BCUT2D eigenvalue weighted by Gasteiger charge is -2.00. The lowest BCUT2D eigenvalue weighted by atomic mass is 10.2. The molecule has 0 radical (unpaired) electrons. The van der Waals surface area contributed by atoms with Gasteiger partial charge in [0, 0.05) is 5.56 Å². The average Bonchev–Trinajstić information content (AvgIpc) is 2.96. The second kappa shape index (κ2) is 5.89. The highest BCUT2D eigenvalue weighted by molar-refractivity contribution is 7.21. The first-order chi connectivity index (χ1) is 10.3. The topological polar surface area (TPSA) is 39.2 Å². The maximum absolute atomic E-state index is 11.8. The van der Waals surface area contributed by atoms with Crippen molar-refractivity contribution in [2.45, 2.75) is 0 Å². The molecule has 104 valence electrons. The molecule has 0 fully saturated rings. The van der Waals surface area contributed by atoms with Crippen LogP contribution in [0.2, 0.25) is 0 Å². The molecule has 0 N–H and O–H groups in total. The van der Waals surface area contributed by atoms with Crippen molar-refractivity contribution in [3.05, 3.63) is 66.7 Å². The van der Waals surface area contributed by atoms with Gasteiger partial charge in [0.2, 0.25) is 0 Å². The predicted molar refractivity (Wildman–Crippen MR) is 85.5 cm³/mol. The third kappa shape index (κ3) is 2.85. The van der Waals surface area contributed by atoms with Crippen molar-refractivity contribution in [1.29, 1.82) is 0 Å². The van der Waals surface area contributed by atoms with Crippen molar-refractivity contribution < 1.29 is 9.53 Å². The molecule has 1 heterocycles. The number of carbonyl (C=O) groups is 1. The Morgan fingerprint density at radius 2 is 2.05 bits per heavy atom. The van der Waals surface area contributed by atoms with Crippen LogP contribution in [-0.2, 0) is 4.74 Å². The second-order valence-corrected chi connectivity index (χ2v) is 5.49. The summed E-state index contributed by atoms with van der Waals surface area (Å²) < 4.78 is 6.02. The van der Waals surface area contributed by atoms with Gasteiger partial charge in [0.25, 0.3) is 0 Å². The molecule has 0 amide bonds. The van der Waals surface area contributed by atoms with Crippen molar-refractivity contribution in [3.63, 3.8) is 0 Å². The lowest BCUT2D eigenvalue weighted by molar-refractivity contribution is 0.0550. The van der Waals surface area contributed by atoms with E-state index in [9.17, 15) is 4.79 Å².